The largest absolute Gasteiger partial charge is 0.462 e. The van der Waals surface area contributed by atoms with E-state index in [4.69, 9.17) is 33.4 Å². The number of anilines is 1. The fraction of sp³-hybridized carbons (Fsp3) is 0.452. The van der Waals surface area contributed by atoms with Crippen LogP contribution in [-0.2, 0) is 30.0 Å². The highest BCUT2D eigenvalue weighted by Crippen LogP contribution is 2.46. The van der Waals surface area contributed by atoms with E-state index in [1.165, 1.54) is 0 Å². The van der Waals surface area contributed by atoms with Gasteiger partial charge in [0, 0.05) is 16.1 Å². The van der Waals surface area contributed by atoms with Gasteiger partial charge in [0.25, 0.3) is 0 Å². The van der Waals surface area contributed by atoms with E-state index in [-0.39, 0.29) is 24.8 Å². The lowest BCUT2D eigenvalue weighted by Gasteiger charge is -2.27. The summed E-state index contributed by atoms with van der Waals surface area (Å²) in [5, 5.41) is 3.21. The molecular formula is C31H42N5O6P. The summed E-state index contributed by atoms with van der Waals surface area (Å²) in [6.07, 6.45) is 1.59. The average molecular weight is 615 g/mol. The summed E-state index contributed by atoms with van der Waals surface area (Å²) in [6.45, 7) is 4.59. The molecule has 0 saturated carbocycles. The van der Waals surface area contributed by atoms with Crippen molar-refractivity contribution in [1.82, 2.24) is 19.6 Å². The van der Waals surface area contributed by atoms with E-state index in [2.05, 4.69) is 17.0 Å². The number of carbonyl (C=O) groups excluding carboxylic acids is 1. The summed E-state index contributed by atoms with van der Waals surface area (Å²) in [4.78, 5) is 22.3. The number of imidazole rings is 1. The maximum Gasteiger partial charge on any atom is 0.459 e. The summed E-state index contributed by atoms with van der Waals surface area (Å²) in [6, 6.07) is 13.3. The van der Waals surface area contributed by atoms with Crippen molar-refractivity contribution >= 4 is 41.5 Å². The van der Waals surface area contributed by atoms with E-state index in [9.17, 15) is 9.36 Å². The number of carbonyl (C=O) groups is 1. The van der Waals surface area contributed by atoms with E-state index in [1.807, 2.05) is 35.8 Å². The zero-order chi connectivity index (χ0) is 33.5. The lowest BCUT2D eigenvalue weighted by atomic mass is 10.1. The van der Waals surface area contributed by atoms with Crippen LogP contribution in [0.3, 0.4) is 0 Å². The molecule has 3 atom stereocenters. The predicted octanol–water partition coefficient (Wildman–Crippen LogP) is 6.57. The first-order valence-corrected chi connectivity index (χ1v) is 16.0. The molecule has 0 amide bonds. The van der Waals surface area contributed by atoms with Gasteiger partial charge < -0.3 is 24.3 Å². The Morgan fingerprint density at radius 2 is 1.86 bits per heavy atom. The number of nitrogens with two attached hydrogens (primary N) is 1. The molecule has 232 valence electrons. The molecule has 0 fully saturated rings. The van der Waals surface area contributed by atoms with Crippen LogP contribution in [0, 0.1) is 0 Å². The van der Waals surface area contributed by atoms with Gasteiger partial charge >= 0.3 is 13.7 Å². The normalized spacial score (nSPS) is 15.9. The maximum atomic E-state index is 14.5. The van der Waals surface area contributed by atoms with Crippen molar-refractivity contribution in [3.8, 4) is 5.75 Å². The molecule has 3 N–H and O–H groups in total. The fourth-order valence-electron chi connectivity index (χ4n) is 4.69. The van der Waals surface area contributed by atoms with Gasteiger partial charge in [-0.15, -0.1) is 0 Å². The van der Waals surface area contributed by atoms with Gasteiger partial charge in [-0.1, -0.05) is 56.2 Å². The van der Waals surface area contributed by atoms with Gasteiger partial charge in [-0.25, -0.2) is 14.5 Å². The molecule has 2 aromatic carbocycles. The SMILES string of the molecule is [2H]C([2H])([2H])[C@H](N[P@](=O)(OC[C@H](CCCC)n1c(COCC)nc2c(N)nc3ccccc3c21)Oc1ccccc1)C(=O)OC(C)C. The quantitative estimate of drug-likeness (QED) is 0.105. The number of rotatable bonds is 16. The molecule has 0 spiro atoms. The maximum absolute atomic E-state index is 14.5. The number of nitrogens with one attached hydrogen (secondary N) is 1. The van der Waals surface area contributed by atoms with Crippen molar-refractivity contribution in [2.45, 2.75) is 78.6 Å². The molecule has 11 nitrogen and oxygen atoms in total. The number of aromatic nitrogens is 3. The van der Waals surface area contributed by atoms with Crippen LogP contribution < -0.4 is 15.3 Å². The molecule has 0 radical (unpaired) electrons. The van der Waals surface area contributed by atoms with Crippen LogP contribution in [0.4, 0.5) is 5.82 Å². The zero-order valence-corrected chi connectivity index (χ0v) is 25.9. The lowest BCUT2D eigenvalue weighted by molar-refractivity contribution is -0.149. The molecule has 4 rings (SSSR count). The first-order valence-electron chi connectivity index (χ1n) is 16.0. The summed E-state index contributed by atoms with van der Waals surface area (Å²) >= 11 is 0. The fourth-order valence-corrected chi connectivity index (χ4v) is 6.06. The third-order valence-electron chi connectivity index (χ3n) is 6.60. The molecule has 0 bridgehead atoms. The van der Waals surface area contributed by atoms with Crippen molar-refractivity contribution in [1.29, 1.82) is 0 Å². The van der Waals surface area contributed by atoms with Crippen LogP contribution in [0.1, 0.15) is 69.8 Å². The summed E-state index contributed by atoms with van der Waals surface area (Å²) < 4.78 is 63.4. The predicted molar refractivity (Wildman–Crippen MR) is 168 cm³/mol. The Kier molecular flexibility index (Phi) is 9.73. The molecule has 0 unspecified atom stereocenters. The van der Waals surface area contributed by atoms with Crippen molar-refractivity contribution in [2.24, 2.45) is 0 Å². The smallest absolute Gasteiger partial charge is 0.459 e. The highest BCUT2D eigenvalue weighted by atomic mass is 31.2. The number of benzene rings is 2. The van der Waals surface area contributed by atoms with E-state index in [0.717, 1.165) is 23.7 Å². The standard InChI is InChI=1S/C31H42N5O6P/c1-6-8-14-23(19-40-43(38,42-24-15-10-9-11-16-24)35-22(5)31(37)41-21(3)4)36-27(20-39-7-2)34-28-29(36)25-17-12-13-18-26(25)33-30(28)32/h9-13,15-18,21-23H,6-8,14,19-20H2,1-5H3,(H2,32,33)(H,35,38)/t22-,23-,43-/m0/s1/i5D3. The summed E-state index contributed by atoms with van der Waals surface area (Å²) in [5.41, 5.74) is 8.28. The van der Waals surface area contributed by atoms with Gasteiger partial charge in [-0.05, 0) is 52.2 Å². The van der Waals surface area contributed by atoms with Crippen LogP contribution >= 0.6 is 7.75 Å². The number of hydrogen-bond acceptors (Lipinski definition) is 9. The van der Waals surface area contributed by atoms with Gasteiger partial charge in [0.15, 0.2) is 5.82 Å². The van der Waals surface area contributed by atoms with Gasteiger partial charge in [0.05, 0.1) is 29.8 Å². The Labute approximate surface area is 256 Å². The minimum atomic E-state index is -4.55. The second-order valence-electron chi connectivity index (χ2n) is 10.3. The Bertz CT molecular complexity index is 1670. The first kappa shape index (κ1) is 28.3. The monoisotopic (exact) mass is 614 g/mol. The minimum absolute atomic E-state index is 0.153. The topological polar surface area (TPSA) is 140 Å². The Hall–Kier alpha value is -3.50. The van der Waals surface area contributed by atoms with Crippen LogP contribution in [-0.4, -0.2) is 45.9 Å². The van der Waals surface area contributed by atoms with Crippen LogP contribution in [0.5, 0.6) is 5.75 Å². The third-order valence-corrected chi connectivity index (χ3v) is 8.11. The third kappa shape index (κ3) is 8.12. The molecule has 2 heterocycles. The molecular weight excluding hydrogens is 569 g/mol. The van der Waals surface area contributed by atoms with Crippen molar-refractivity contribution < 1.29 is 32.0 Å². The van der Waals surface area contributed by atoms with Gasteiger partial charge in [0.2, 0.25) is 0 Å². The molecule has 43 heavy (non-hydrogen) atoms. The molecule has 0 aliphatic heterocycles. The molecule has 4 aromatic rings. The number of unbranched alkanes of at least 4 members (excludes halogenated alkanes) is 1. The summed E-state index contributed by atoms with van der Waals surface area (Å²) in [7, 11) is -4.55. The minimum Gasteiger partial charge on any atom is -0.462 e. The van der Waals surface area contributed by atoms with Crippen molar-refractivity contribution in [3.05, 3.63) is 60.4 Å². The molecule has 2 aromatic heterocycles. The Balaban J connectivity index is 1.81. The zero-order valence-electron chi connectivity index (χ0n) is 28.0. The van der Waals surface area contributed by atoms with Crippen LogP contribution in [0.15, 0.2) is 54.6 Å². The highest BCUT2D eigenvalue weighted by Gasteiger charge is 2.34. The number of esters is 1. The van der Waals surface area contributed by atoms with E-state index in [1.54, 1.807) is 44.2 Å². The van der Waals surface area contributed by atoms with E-state index >= 15 is 0 Å². The van der Waals surface area contributed by atoms with E-state index in [0.29, 0.717) is 29.9 Å². The number of nitrogens with zero attached hydrogens (tertiary/aromatic N) is 3. The van der Waals surface area contributed by atoms with Gasteiger partial charge in [-0.2, -0.15) is 5.09 Å². The Morgan fingerprint density at radius 1 is 1.12 bits per heavy atom. The average Bonchev–Trinajstić information content (AvgIpc) is 3.39. The molecule has 0 aliphatic rings. The second kappa shape index (κ2) is 14.8. The lowest BCUT2D eigenvalue weighted by Crippen LogP contribution is -2.36. The van der Waals surface area contributed by atoms with Gasteiger partial charge in [0.1, 0.15) is 29.7 Å². The van der Waals surface area contributed by atoms with Crippen molar-refractivity contribution in [2.75, 3.05) is 18.9 Å². The van der Waals surface area contributed by atoms with E-state index < -0.39 is 38.8 Å². The molecule has 12 heteroatoms. The number of hydrogen-bond donors (Lipinski definition) is 2. The Morgan fingerprint density at radius 3 is 2.56 bits per heavy atom. The summed E-state index contributed by atoms with van der Waals surface area (Å²) in [5.74, 6) is -0.129. The number of pyridine rings is 1. The number of para-hydroxylation sites is 2. The van der Waals surface area contributed by atoms with Crippen LogP contribution in [0.2, 0.25) is 0 Å². The van der Waals surface area contributed by atoms with Gasteiger partial charge in [-0.3, -0.25) is 9.32 Å². The number of nitrogen functional groups attached to an aromatic ring is 1. The molecule has 0 aliphatic carbocycles. The van der Waals surface area contributed by atoms with Crippen LogP contribution in [0.25, 0.3) is 21.9 Å². The second-order valence-corrected chi connectivity index (χ2v) is 12.0. The highest BCUT2D eigenvalue weighted by molar-refractivity contribution is 7.52. The molecule has 0 saturated heterocycles. The number of ether oxygens (including phenoxy) is 2. The number of fused-ring (bicyclic) bond motifs is 3. The first-order chi connectivity index (χ1) is 21.9. The van der Waals surface area contributed by atoms with Crippen molar-refractivity contribution in [3.63, 3.8) is 0 Å².